The van der Waals surface area contributed by atoms with Crippen LogP contribution < -0.4 is 0 Å². The van der Waals surface area contributed by atoms with Crippen LogP contribution in [0, 0.1) is 0 Å². The maximum absolute atomic E-state index is 5.01. The predicted octanol–water partition coefficient (Wildman–Crippen LogP) is 5.16. The van der Waals surface area contributed by atoms with Crippen LogP contribution >= 0.6 is 0 Å². The van der Waals surface area contributed by atoms with Gasteiger partial charge in [0.15, 0.2) is 0 Å². The molecule has 4 heteroatoms. The molecule has 4 aromatic heterocycles. The second kappa shape index (κ2) is 4.93. The van der Waals surface area contributed by atoms with Crippen molar-refractivity contribution < 1.29 is 0 Å². The van der Waals surface area contributed by atoms with E-state index in [2.05, 4.69) is 56.8 Å². The lowest BCUT2D eigenvalue weighted by Crippen LogP contribution is -1.95. The Bertz CT molecular complexity index is 1590. The van der Waals surface area contributed by atoms with Crippen LogP contribution in [0.3, 0.4) is 0 Å². The Morgan fingerprint density at radius 1 is 0.750 bits per heavy atom. The number of rotatable bonds is 0. The van der Waals surface area contributed by atoms with Crippen LogP contribution in [-0.2, 0) is 6.42 Å². The van der Waals surface area contributed by atoms with Crippen molar-refractivity contribution in [2.75, 3.05) is 0 Å². The molecule has 28 heavy (non-hydrogen) atoms. The summed E-state index contributed by atoms with van der Waals surface area (Å²) in [6.45, 7) is 0. The van der Waals surface area contributed by atoms with Crippen molar-refractivity contribution in [3.8, 4) is 11.1 Å². The molecule has 0 bridgehead atoms. The van der Waals surface area contributed by atoms with Crippen LogP contribution in [0.25, 0.3) is 49.5 Å². The Labute approximate surface area is 160 Å². The molecule has 2 aromatic carbocycles. The maximum atomic E-state index is 5.01. The molecule has 0 fully saturated rings. The molecule has 0 spiro atoms. The van der Waals surface area contributed by atoms with Crippen LogP contribution in [0.4, 0.5) is 0 Å². The molecule has 4 nitrogen and oxygen atoms in total. The number of pyridine rings is 3. The molecule has 7 rings (SSSR count). The van der Waals surface area contributed by atoms with Crippen molar-refractivity contribution in [3.63, 3.8) is 0 Å². The van der Waals surface area contributed by atoms with Crippen LogP contribution in [-0.4, -0.2) is 19.4 Å². The largest absolute Gasteiger partial charge is 0.291 e. The van der Waals surface area contributed by atoms with Gasteiger partial charge in [0.2, 0.25) is 0 Å². The zero-order valence-electron chi connectivity index (χ0n) is 14.9. The van der Waals surface area contributed by atoms with E-state index in [0.717, 1.165) is 34.0 Å². The summed E-state index contributed by atoms with van der Waals surface area (Å²) < 4.78 is 2.26. The molecule has 0 radical (unpaired) electrons. The minimum Gasteiger partial charge on any atom is -0.291 e. The number of aromatic nitrogens is 4. The highest BCUT2D eigenvalue weighted by atomic mass is 15.0. The highest BCUT2D eigenvalue weighted by Crippen LogP contribution is 2.43. The van der Waals surface area contributed by atoms with Gasteiger partial charge in [-0.15, -0.1) is 0 Å². The quantitative estimate of drug-likeness (QED) is 0.352. The van der Waals surface area contributed by atoms with Gasteiger partial charge in [0.25, 0.3) is 0 Å². The zero-order chi connectivity index (χ0) is 18.2. The van der Waals surface area contributed by atoms with E-state index in [4.69, 9.17) is 4.98 Å². The van der Waals surface area contributed by atoms with E-state index in [9.17, 15) is 0 Å². The first-order chi connectivity index (χ1) is 13.9. The summed E-state index contributed by atoms with van der Waals surface area (Å²) in [7, 11) is 0. The van der Waals surface area contributed by atoms with Crippen LogP contribution in [0.1, 0.15) is 11.1 Å². The molecule has 4 heterocycles. The van der Waals surface area contributed by atoms with E-state index in [1.165, 1.54) is 33.0 Å². The maximum Gasteiger partial charge on any atom is 0.146 e. The smallest absolute Gasteiger partial charge is 0.146 e. The van der Waals surface area contributed by atoms with Crippen molar-refractivity contribution in [3.05, 3.63) is 84.4 Å². The lowest BCUT2D eigenvalue weighted by Gasteiger charge is -2.12. The molecular formula is C24H14N4. The molecule has 0 unspecified atom stereocenters. The first-order valence-corrected chi connectivity index (χ1v) is 9.42. The van der Waals surface area contributed by atoms with Gasteiger partial charge in [0.05, 0.1) is 17.2 Å². The highest BCUT2D eigenvalue weighted by Gasteiger charge is 2.24. The molecule has 0 amide bonds. The van der Waals surface area contributed by atoms with Gasteiger partial charge < -0.3 is 0 Å². The van der Waals surface area contributed by atoms with Gasteiger partial charge in [-0.3, -0.25) is 14.4 Å². The first kappa shape index (κ1) is 14.3. The van der Waals surface area contributed by atoms with Crippen LogP contribution in [0.5, 0.6) is 0 Å². The van der Waals surface area contributed by atoms with Crippen LogP contribution in [0.2, 0.25) is 0 Å². The highest BCUT2D eigenvalue weighted by molar-refractivity contribution is 6.16. The lowest BCUT2D eigenvalue weighted by atomic mass is 9.98. The normalized spacial score (nSPS) is 12.9. The Balaban J connectivity index is 1.79. The van der Waals surface area contributed by atoms with E-state index < -0.39 is 0 Å². The average molecular weight is 358 g/mol. The Kier molecular flexibility index (Phi) is 2.51. The predicted molar refractivity (Wildman–Crippen MR) is 112 cm³/mol. The SMILES string of the molecule is c1ccc2c(c1)Cc1c-2ccc2c3cnccc3n3c4ccncc4nc3c12. The molecule has 1 aliphatic carbocycles. The Morgan fingerprint density at radius 3 is 2.57 bits per heavy atom. The van der Waals surface area contributed by atoms with Crippen molar-refractivity contribution in [2.45, 2.75) is 6.42 Å². The fraction of sp³-hybridized carbons (Fsp3) is 0.0417. The summed E-state index contributed by atoms with van der Waals surface area (Å²) >= 11 is 0. The van der Waals surface area contributed by atoms with Gasteiger partial charge in [0, 0.05) is 29.4 Å². The minimum absolute atomic E-state index is 0.918. The number of nitrogens with zero attached hydrogens (tertiary/aromatic N) is 4. The number of hydrogen-bond acceptors (Lipinski definition) is 3. The van der Waals surface area contributed by atoms with E-state index >= 15 is 0 Å². The van der Waals surface area contributed by atoms with E-state index in [1.807, 2.05) is 30.9 Å². The summed E-state index contributed by atoms with van der Waals surface area (Å²) in [5.41, 5.74) is 9.52. The summed E-state index contributed by atoms with van der Waals surface area (Å²) in [6, 6.07) is 17.3. The second-order valence-corrected chi connectivity index (χ2v) is 7.38. The van der Waals surface area contributed by atoms with Crippen molar-refractivity contribution in [1.29, 1.82) is 0 Å². The third kappa shape index (κ3) is 1.63. The third-order valence-corrected chi connectivity index (χ3v) is 6.00. The van der Waals surface area contributed by atoms with Crippen molar-refractivity contribution in [2.24, 2.45) is 0 Å². The van der Waals surface area contributed by atoms with Crippen molar-refractivity contribution >= 4 is 38.4 Å². The van der Waals surface area contributed by atoms with Crippen molar-refractivity contribution in [1.82, 2.24) is 19.4 Å². The molecule has 1 aliphatic rings. The summed E-state index contributed by atoms with van der Waals surface area (Å²) in [5.74, 6) is 0. The lowest BCUT2D eigenvalue weighted by molar-refractivity contribution is 1.26. The molecule has 130 valence electrons. The molecule has 0 N–H and O–H groups in total. The second-order valence-electron chi connectivity index (χ2n) is 7.38. The standard InChI is InChI=1S/C24H14N4/c1-2-4-15-14(3-1)11-18-16(15)5-6-17-19-12-25-9-7-21(19)28-22-8-10-26-13-20(22)27-24(28)23(17)18/h1-10,12-13H,11H2. The van der Waals surface area contributed by atoms with E-state index in [-0.39, 0.29) is 0 Å². The molecule has 0 saturated carbocycles. The molecule has 0 saturated heterocycles. The third-order valence-electron chi connectivity index (χ3n) is 6.00. The Morgan fingerprint density at radius 2 is 1.61 bits per heavy atom. The summed E-state index contributed by atoms with van der Waals surface area (Å²) in [4.78, 5) is 13.7. The van der Waals surface area contributed by atoms with Gasteiger partial charge in [-0.1, -0.05) is 36.4 Å². The fourth-order valence-electron chi connectivity index (χ4n) is 4.82. The summed E-state index contributed by atoms with van der Waals surface area (Å²) in [5, 5.41) is 3.59. The number of benzene rings is 2. The summed E-state index contributed by atoms with van der Waals surface area (Å²) in [6.07, 6.45) is 8.44. The number of imidazole rings is 1. The monoisotopic (exact) mass is 358 g/mol. The minimum atomic E-state index is 0.918. The van der Waals surface area contributed by atoms with E-state index in [0.29, 0.717) is 0 Å². The van der Waals surface area contributed by atoms with Gasteiger partial charge in [0.1, 0.15) is 11.2 Å². The van der Waals surface area contributed by atoms with E-state index in [1.54, 1.807) is 0 Å². The fourth-order valence-corrected chi connectivity index (χ4v) is 4.82. The van der Waals surface area contributed by atoms with Gasteiger partial charge >= 0.3 is 0 Å². The zero-order valence-corrected chi connectivity index (χ0v) is 14.9. The molecule has 0 aliphatic heterocycles. The van der Waals surface area contributed by atoms with Gasteiger partial charge in [-0.2, -0.15) is 0 Å². The molecule has 6 aromatic rings. The average Bonchev–Trinajstić information content (AvgIpc) is 3.32. The first-order valence-electron chi connectivity index (χ1n) is 9.42. The Hall–Kier alpha value is -3.79. The topological polar surface area (TPSA) is 43.1 Å². The van der Waals surface area contributed by atoms with Gasteiger partial charge in [-0.25, -0.2) is 4.98 Å². The van der Waals surface area contributed by atoms with Crippen LogP contribution in [0.15, 0.2) is 73.3 Å². The number of fused-ring (bicyclic) bond motifs is 12. The van der Waals surface area contributed by atoms with Gasteiger partial charge in [-0.05, 0) is 46.2 Å². The number of hydrogen-bond donors (Lipinski definition) is 0. The molecular weight excluding hydrogens is 344 g/mol. The molecule has 0 atom stereocenters.